The zero-order valence-corrected chi connectivity index (χ0v) is 6.91. The third-order valence-electron chi connectivity index (χ3n) is 1.38. The molecule has 0 unspecified atom stereocenters. The van der Waals surface area contributed by atoms with E-state index in [9.17, 15) is 13.2 Å². The van der Waals surface area contributed by atoms with Crippen molar-refractivity contribution in [1.29, 1.82) is 0 Å². The predicted molar refractivity (Wildman–Crippen MR) is 38.5 cm³/mol. The molecule has 0 atom stereocenters. The average Bonchev–Trinajstić information content (AvgIpc) is 1.83. The molecule has 0 aromatic rings. The first-order valence-corrected chi connectivity index (χ1v) is 3.71. The molecule has 11 heavy (non-hydrogen) atoms. The lowest BCUT2D eigenvalue weighted by Gasteiger charge is -2.16. The minimum Gasteiger partial charge on any atom is -0.306 e. The van der Waals surface area contributed by atoms with Crippen molar-refractivity contribution in [3.8, 4) is 0 Å². The van der Waals surface area contributed by atoms with Crippen molar-refractivity contribution >= 4 is 0 Å². The number of halogens is 3. The van der Waals surface area contributed by atoms with E-state index >= 15 is 0 Å². The quantitative estimate of drug-likeness (QED) is 0.624. The van der Waals surface area contributed by atoms with Crippen LogP contribution >= 0.6 is 0 Å². The van der Waals surface area contributed by atoms with Gasteiger partial charge in [0, 0.05) is 6.54 Å². The Kier molecular flexibility index (Phi) is 4.49. The molecule has 0 saturated carbocycles. The fraction of sp³-hybridized carbons (Fsp3) is 1.00. The molecule has 0 saturated heterocycles. The van der Waals surface area contributed by atoms with E-state index in [0.29, 0.717) is 0 Å². The summed E-state index contributed by atoms with van der Waals surface area (Å²) in [6.07, 6.45) is -3.82. The van der Waals surface area contributed by atoms with Gasteiger partial charge < -0.3 is 4.90 Å². The van der Waals surface area contributed by atoms with Crippen LogP contribution in [0.25, 0.3) is 0 Å². The number of hydrogen-bond donors (Lipinski definition) is 0. The second-order valence-electron chi connectivity index (χ2n) is 2.67. The lowest BCUT2D eigenvalue weighted by atomic mass is 10.3. The highest BCUT2D eigenvalue weighted by Crippen LogP contribution is 2.19. The van der Waals surface area contributed by atoms with E-state index in [2.05, 4.69) is 0 Å². The summed E-state index contributed by atoms with van der Waals surface area (Å²) in [6.45, 7) is 2.79. The fourth-order valence-corrected chi connectivity index (χ4v) is 0.811. The van der Waals surface area contributed by atoms with Crippen LogP contribution in [0.4, 0.5) is 13.2 Å². The Hall–Kier alpha value is -0.250. The first-order valence-electron chi connectivity index (χ1n) is 3.71. The van der Waals surface area contributed by atoms with Gasteiger partial charge in [0.25, 0.3) is 0 Å². The van der Waals surface area contributed by atoms with Gasteiger partial charge in [0.15, 0.2) is 0 Å². The average molecular weight is 169 g/mol. The summed E-state index contributed by atoms with van der Waals surface area (Å²) in [7, 11) is 1.70. The number of alkyl halides is 3. The zero-order chi connectivity index (χ0) is 8.91. The van der Waals surface area contributed by atoms with Crippen LogP contribution < -0.4 is 0 Å². The molecule has 0 heterocycles. The molecule has 0 aromatic heterocycles. The zero-order valence-electron chi connectivity index (χ0n) is 6.91. The second-order valence-corrected chi connectivity index (χ2v) is 2.67. The van der Waals surface area contributed by atoms with Crippen molar-refractivity contribution < 1.29 is 13.2 Å². The molecule has 4 heteroatoms. The SMILES string of the molecule is CCCN(C)CCC(F)(F)F. The van der Waals surface area contributed by atoms with E-state index in [1.165, 1.54) is 0 Å². The van der Waals surface area contributed by atoms with Gasteiger partial charge >= 0.3 is 6.18 Å². The molecule has 0 bridgehead atoms. The molecule has 0 fully saturated rings. The molecule has 0 radical (unpaired) electrons. The summed E-state index contributed by atoms with van der Waals surface area (Å²) in [4.78, 5) is 1.69. The Bertz CT molecular complexity index is 100. The van der Waals surface area contributed by atoms with Crippen molar-refractivity contribution in [2.75, 3.05) is 20.1 Å². The monoisotopic (exact) mass is 169 g/mol. The topological polar surface area (TPSA) is 3.24 Å². The van der Waals surface area contributed by atoms with Crippen molar-refractivity contribution in [2.24, 2.45) is 0 Å². The van der Waals surface area contributed by atoms with Gasteiger partial charge in [-0.25, -0.2) is 0 Å². The summed E-state index contributed by atoms with van der Waals surface area (Å²) in [6, 6.07) is 0. The van der Waals surface area contributed by atoms with Gasteiger partial charge in [-0.2, -0.15) is 13.2 Å². The third kappa shape index (κ3) is 7.65. The van der Waals surface area contributed by atoms with Crippen molar-refractivity contribution in [2.45, 2.75) is 25.9 Å². The molecule has 68 valence electrons. The maximum atomic E-state index is 11.6. The van der Waals surface area contributed by atoms with Crippen molar-refractivity contribution in [1.82, 2.24) is 4.90 Å². The number of rotatable bonds is 4. The van der Waals surface area contributed by atoms with Crippen LogP contribution in [0.15, 0.2) is 0 Å². The lowest BCUT2D eigenvalue weighted by molar-refractivity contribution is -0.137. The van der Waals surface area contributed by atoms with Crippen LogP contribution in [0.3, 0.4) is 0 Å². The minimum atomic E-state index is -4.01. The molecule has 0 aliphatic carbocycles. The lowest BCUT2D eigenvalue weighted by Crippen LogP contribution is -2.24. The largest absolute Gasteiger partial charge is 0.390 e. The van der Waals surface area contributed by atoms with Gasteiger partial charge in [0.05, 0.1) is 6.42 Å². The van der Waals surface area contributed by atoms with Gasteiger partial charge in [-0.15, -0.1) is 0 Å². The highest BCUT2D eigenvalue weighted by Gasteiger charge is 2.26. The standard InChI is InChI=1S/C7H14F3N/c1-3-5-11(2)6-4-7(8,9)10/h3-6H2,1-2H3. The van der Waals surface area contributed by atoms with Crippen LogP contribution in [0.5, 0.6) is 0 Å². The normalized spacial score (nSPS) is 12.5. The second kappa shape index (κ2) is 4.59. The molecule has 0 aromatic carbocycles. The van der Waals surface area contributed by atoms with E-state index < -0.39 is 12.6 Å². The summed E-state index contributed by atoms with van der Waals surface area (Å²) >= 11 is 0. The summed E-state index contributed by atoms with van der Waals surface area (Å²) in [5, 5.41) is 0. The molecule has 0 rings (SSSR count). The fourth-order valence-electron chi connectivity index (χ4n) is 0.811. The van der Waals surface area contributed by atoms with Crippen LogP contribution in [0.2, 0.25) is 0 Å². The van der Waals surface area contributed by atoms with Crippen LogP contribution in [0, 0.1) is 0 Å². The van der Waals surface area contributed by atoms with Crippen molar-refractivity contribution in [3.05, 3.63) is 0 Å². The highest BCUT2D eigenvalue weighted by molar-refractivity contribution is 4.55. The van der Waals surface area contributed by atoms with E-state index in [4.69, 9.17) is 0 Å². The molecule has 0 aliphatic rings. The third-order valence-corrected chi connectivity index (χ3v) is 1.38. The van der Waals surface area contributed by atoms with E-state index in [1.54, 1.807) is 11.9 Å². The summed E-state index contributed by atoms with van der Waals surface area (Å²) < 4.78 is 34.9. The van der Waals surface area contributed by atoms with Crippen molar-refractivity contribution in [3.63, 3.8) is 0 Å². The Morgan fingerprint density at radius 2 is 1.73 bits per heavy atom. The maximum Gasteiger partial charge on any atom is 0.390 e. The molecule has 0 aliphatic heterocycles. The van der Waals surface area contributed by atoms with Crippen LogP contribution in [-0.4, -0.2) is 31.2 Å². The number of nitrogens with zero attached hydrogens (tertiary/aromatic N) is 1. The molecular formula is C7H14F3N. The Balaban J connectivity index is 3.38. The van der Waals surface area contributed by atoms with Crippen LogP contribution in [-0.2, 0) is 0 Å². The predicted octanol–water partition coefficient (Wildman–Crippen LogP) is 2.28. The van der Waals surface area contributed by atoms with E-state index in [0.717, 1.165) is 13.0 Å². The van der Waals surface area contributed by atoms with Gasteiger partial charge in [-0.3, -0.25) is 0 Å². The molecular weight excluding hydrogens is 155 g/mol. The maximum absolute atomic E-state index is 11.6. The van der Waals surface area contributed by atoms with Gasteiger partial charge in [0.1, 0.15) is 0 Å². The Morgan fingerprint density at radius 3 is 2.09 bits per heavy atom. The smallest absolute Gasteiger partial charge is 0.306 e. The van der Waals surface area contributed by atoms with E-state index in [1.807, 2.05) is 6.92 Å². The molecule has 0 spiro atoms. The summed E-state index contributed by atoms with van der Waals surface area (Å²) in [5.41, 5.74) is 0. The highest BCUT2D eigenvalue weighted by atomic mass is 19.4. The van der Waals surface area contributed by atoms with Gasteiger partial charge in [-0.1, -0.05) is 6.92 Å². The van der Waals surface area contributed by atoms with Gasteiger partial charge in [-0.05, 0) is 20.0 Å². The molecule has 0 N–H and O–H groups in total. The summed E-state index contributed by atoms with van der Waals surface area (Å²) in [5.74, 6) is 0. The van der Waals surface area contributed by atoms with Crippen LogP contribution in [0.1, 0.15) is 19.8 Å². The van der Waals surface area contributed by atoms with Gasteiger partial charge in [0.2, 0.25) is 0 Å². The number of hydrogen-bond acceptors (Lipinski definition) is 1. The molecule has 0 amide bonds. The first-order chi connectivity index (χ1) is 4.95. The molecule has 1 nitrogen and oxygen atoms in total. The Labute approximate surface area is 65.2 Å². The Morgan fingerprint density at radius 1 is 1.18 bits per heavy atom. The van der Waals surface area contributed by atoms with E-state index in [-0.39, 0.29) is 6.54 Å². The first kappa shape index (κ1) is 10.8. The minimum absolute atomic E-state index is 0.108.